The zero-order valence-electron chi connectivity index (χ0n) is 30.0. The Labute approximate surface area is 294 Å². The summed E-state index contributed by atoms with van der Waals surface area (Å²) in [7, 11) is 3.67. The van der Waals surface area contributed by atoms with Crippen LogP contribution in [0.2, 0.25) is 0 Å². The van der Waals surface area contributed by atoms with Crippen molar-refractivity contribution in [3.05, 3.63) is 65.2 Å². The number of urea groups is 1. The van der Waals surface area contributed by atoms with Gasteiger partial charge >= 0.3 is 12.0 Å². The highest BCUT2D eigenvalue weighted by atomic mass is 16.5. The van der Waals surface area contributed by atoms with E-state index in [0.29, 0.717) is 55.4 Å². The summed E-state index contributed by atoms with van der Waals surface area (Å²) in [6, 6.07) is 15.5. The Morgan fingerprint density at radius 2 is 1.74 bits per heavy atom. The van der Waals surface area contributed by atoms with E-state index < -0.39 is 12.0 Å². The lowest BCUT2D eigenvalue weighted by Gasteiger charge is -2.33. The molecule has 11 heteroatoms. The van der Waals surface area contributed by atoms with Crippen molar-refractivity contribution >= 4 is 23.1 Å². The molecule has 1 atom stereocenters. The van der Waals surface area contributed by atoms with Crippen LogP contribution in [-0.2, 0) is 11.3 Å². The molecule has 11 nitrogen and oxygen atoms in total. The zero-order valence-corrected chi connectivity index (χ0v) is 30.0. The zero-order chi connectivity index (χ0) is 35.6. The summed E-state index contributed by atoms with van der Waals surface area (Å²) in [5, 5.41) is 15.5. The van der Waals surface area contributed by atoms with Gasteiger partial charge in [0.1, 0.15) is 23.1 Å². The predicted molar refractivity (Wildman–Crippen MR) is 196 cm³/mol. The molecular weight excluding hydrogens is 634 g/mol. The molecule has 1 aliphatic heterocycles. The molecule has 268 valence electrons. The second kappa shape index (κ2) is 17.4. The smallest absolute Gasteiger partial charge is 0.320 e. The molecule has 0 saturated carbocycles. The van der Waals surface area contributed by atoms with E-state index in [-0.39, 0.29) is 6.03 Å². The SMILES string of the molecule is CCCNC(=O)NCCN(C)CCCOc1cccc(-c2cccc(-c3nc4cc(CN5CCCCC5C(=O)O)c(OC)cc4o3)c2C)c1C. The number of hydrogen-bond donors (Lipinski definition) is 3. The third kappa shape index (κ3) is 8.94. The normalized spacial score (nSPS) is 15.0. The van der Waals surface area contributed by atoms with E-state index in [1.54, 1.807) is 7.11 Å². The van der Waals surface area contributed by atoms with Gasteiger partial charge in [0.25, 0.3) is 0 Å². The number of methoxy groups -OCH3 is 1. The fourth-order valence-corrected chi connectivity index (χ4v) is 6.62. The van der Waals surface area contributed by atoms with Gasteiger partial charge < -0.3 is 34.5 Å². The molecule has 50 heavy (non-hydrogen) atoms. The standard InChI is InChI=1S/C39H51N5O6/c1-6-17-40-39(47)41-18-21-43(4)19-11-22-49-34-16-10-13-30(27(34)3)29-12-9-14-31(26(29)2)37-42-32-23-28(35(48-5)24-36(32)50-37)25-44-20-8-7-15-33(44)38(45)46/h9-10,12-14,16,23-24,33H,6-8,11,15,17-22,25H2,1-5H3,(H,45,46)(H2,40,41,47). The van der Waals surface area contributed by atoms with Crippen molar-refractivity contribution in [1.82, 2.24) is 25.4 Å². The molecule has 1 aliphatic rings. The number of benzene rings is 3. The Morgan fingerprint density at radius 1 is 1.00 bits per heavy atom. The first-order valence-corrected chi connectivity index (χ1v) is 17.7. The maximum atomic E-state index is 11.9. The molecule has 1 fully saturated rings. The number of piperidine rings is 1. The van der Waals surface area contributed by atoms with Crippen molar-refractivity contribution in [2.75, 3.05) is 53.5 Å². The summed E-state index contributed by atoms with van der Waals surface area (Å²) in [5.74, 6) is 1.24. The number of fused-ring (bicyclic) bond motifs is 1. The lowest BCUT2D eigenvalue weighted by atomic mass is 9.93. The highest BCUT2D eigenvalue weighted by molar-refractivity contribution is 5.83. The van der Waals surface area contributed by atoms with Crippen LogP contribution in [-0.4, -0.2) is 91.4 Å². The first-order valence-electron chi connectivity index (χ1n) is 17.7. The molecule has 2 amide bonds. The number of rotatable bonds is 16. The Hall–Kier alpha value is -4.61. The first-order chi connectivity index (χ1) is 24.2. The summed E-state index contributed by atoms with van der Waals surface area (Å²) < 4.78 is 18.3. The number of hydrogen-bond acceptors (Lipinski definition) is 8. The number of oxazole rings is 1. The Kier molecular flexibility index (Phi) is 12.7. The minimum atomic E-state index is -0.783. The monoisotopic (exact) mass is 685 g/mol. The van der Waals surface area contributed by atoms with Crippen LogP contribution >= 0.6 is 0 Å². The molecular formula is C39H51N5O6. The number of nitrogens with one attached hydrogen (secondary N) is 2. The number of likely N-dealkylation sites (N-methyl/N-ethyl adjacent to an activating group) is 1. The van der Waals surface area contributed by atoms with Crippen LogP contribution < -0.4 is 20.1 Å². The molecule has 5 rings (SSSR count). The van der Waals surface area contributed by atoms with Crippen molar-refractivity contribution in [3.63, 3.8) is 0 Å². The Balaban J connectivity index is 1.27. The van der Waals surface area contributed by atoms with E-state index in [4.69, 9.17) is 18.9 Å². The lowest BCUT2D eigenvalue weighted by Crippen LogP contribution is -2.44. The highest BCUT2D eigenvalue weighted by Gasteiger charge is 2.29. The van der Waals surface area contributed by atoms with E-state index in [9.17, 15) is 14.7 Å². The van der Waals surface area contributed by atoms with Crippen LogP contribution in [0.4, 0.5) is 4.79 Å². The molecule has 0 radical (unpaired) electrons. The van der Waals surface area contributed by atoms with Gasteiger partial charge in [-0.15, -0.1) is 0 Å². The summed E-state index contributed by atoms with van der Waals surface area (Å²) >= 11 is 0. The average Bonchev–Trinajstić information content (AvgIpc) is 3.52. The van der Waals surface area contributed by atoms with Gasteiger partial charge in [-0.1, -0.05) is 37.6 Å². The van der Waals surface area contributed by atoms with Crippen molar-refractivity contribution in [3.8, 4) is 34.1 Å². The van der Waals surface area contributed by atoms with E-state index in [1.165, 1.54) is 0 Å². The topological polar surface area (TPSA) is 129 Å². The quantitative estimate of drug-likeness (QED) is 0.111. The minimum absolute atomic E-state index is 0.120. The van der Waals surface area contributed by atoms with Crippen LogP contribution in [0.5, 0.6) is 11.5 Å². The summed E-state index contributed by atoms with van der Waals surface area (Å²) in [6.45, 7) is 10.9. The number of carboxylic acid groups (broad SMARTS) is 1. The van der Waals surface area contributed by atoms with Crippen molar-refractivity contribution in [2.24, 2.45) is 0 Å². The van der Waals surface area contributed by atoms with Gasteiger partial charge in [0.2, 0.25) is 5.89 Å². The highest BCUT2D eigenvalue weighted by Crippen LogP contribution is 2.38. The number of likely N-dealkylation sites (tertiary alicyclic amines) is 1. The van der Waals surface area contributed by atoms with E-state index in [0.717, 1.165) is 84.4 Å². The number of carboxylic acids is 1. The summed E-state index contributed by atoms with van der Waals surface area (Å²) in [5.41, 5.74) is 7.37. The van der Waals surface area contributed by atoms with Gasteiger partial charge in [-0.05, 0) is 93.6 Å². The molecule has 3 aromatic carbocycles. The number of carbonyl (C=O) groups excluding carboxylic acids is 1. The van der Waals surface area contributed by atoms with E-state index >= 15 is 0 Å². The number of amides is 2. The average molecular weight is 686 g/mol. The number of aromatic nitrogens is 1. The maximum Gasteiger partial charge on any atom is 0.320 e. The molecule has 2 heterocycles. The molecule has 4 aromatic rings. The molecule has 1 aromatic heterocycles. The minimum Gasteiger partial charge on any atom is -0.496 e. The van der Waals surface area contributed by atoms with Gasteiger partial charge in [0.05, 0.1) is 13.7 Å². The van der Waals surface area contributed by atoms with Crippen LogP contribution in [0.1, 0.15) is 55.7 Å². The van der Waals surface area contributed by atoms with E-state index in [2.05, 4.69) is 41.5 Å². The molecule has 1 unspecified atom stereocenters. The third-order valence-corrected chi connectivity index (χ3v) is 9.46. The molecule has 0 spiro atoms. The number of ether oxygens (including phenoxy) is 2. The van der Waals surface area contributed by atoms with Gasteiger partial charge in [0, 0.05) is 49.9 Å². The van der Waals surface area contributed by atoms with Crippen LogP contribution in [0, 0.1) is 13.8 Å². The van der Waals surface area contributed by atoms with Crippen molar-refractivity contribution in [2.45, 2.75) is 65.5 Å². The van der Waals surface area contributed by atoms with Crippen molar-refractivity contribution in [1.29, 1.82) is 0 Å². The van der Waals surface area contributed by atoms with Gasteiger partial charge in [-0.25, -0.2) is 9.78 Å². The molecule has 1 saturated heterocycles. The lowest BCUT2D eigenvalue weighted by molar-refractivity contribution is -0.144. The second-order valence-corrected chi connectivity index (χ2v) is 13.1. The largest absolute Gasteiger partial charge is 0.496 e. The molecule has 0 aliphatic carbocycles. The summed E-state index contributed by atoms with van der Waals surface area (Å²) in [6.07, 6.45) is 4.32. The fraction of sp³-hybridized carbons (Fsp3) is 0.462. The summed E-state index contributed by atoms with van der Waals surface area (Å²) in [4.78, 5) is 32.7. The Morgan fingerprint density at radius 3 is 2.50 bits per heavy atom. The van der Waals surface area contributed by atoms with Crippen LogP contribution in [0.3, 0.4) is 0 Å². The van der Waals surface area contributed by atoms with Crippen LogP contribution in [0.25, 0.3) is 33.7 Å². The fourth-order valence-electron chi connectivity index (χ4n) is 6.62. The van der Waals surface area contributed by atoms with E-state index in [1.807, 2.05) is 55.3 Å². The van der Waals surface area contributed by atoms with Crippen molar-refractivity contribution < 1.29 is 28.6 Å². The number of nitrogens with zero attached hydrogens (tertiary/aromatic N) is 3. The van der Waals surface area contributed by atoms with Gasteiger partial charge in [0.15, 0.2) is 5.58 Å². The van der Waals surface area contributed by atoms with Gasteiger partial charge in [-0.2, -0.15) is 0 Å². The Bertz CT molecular complexity index is 1770. The predicted octanol–water partition coefficient (Wildman–Crippen LogP) is 6.64. The van der Waals surface area contributed by atoms with Gasteiger partial charge in [-0.3, -0.25) is 9.69 Å². The number of aliphatic carboxylic acids is 1. The third-order valence-electron chi connectivity index (χ3n) is 9.46. The second-order valence-electron chi connectivity index (χ2n) is 13.1. The number of carbonyl (C=O) groups is 2. The first kappa shape index (κ1) is 36.7. The molecule has 0 bridgehead atoms. The molecule has 3 N–H and O–H groups in total. The maximum absolute atomic E-state index is 11.9. The van der Waals surface area contributed by atoms with Crippen LogP contribution in [0.15, 0.2) is 52.9 Å².